The lowest BCUT2D eigenvalue weighted by Crippen LogP contribution is -2.34. The van der Waals surface area contributed by atoms with E-state index in [1.807, 2.05) is 0 Å². The average Bonchev–Trinajstić information content (AvgIpc) is 2.86. The number of aromatic nitrogens is 1. The number of fused-ring (bicyclic) bond motifs is 1. The first kappa shape index (κ1) is 26.8. The molecule has 0 bridgehead atoms. The highest BCUT2D eigenvalue weighted by atomic mass is 19.4. The van der Waals surface area contributed by atoms with Crippen LogP contribution in [0, 0.1) is 0 Å². The summed E-state index contributed by atoms with van der Waals surface area (Å²) in [4.78, 5) is 28.4. The van der Waals surface area contributed by atoms with Crippen molar-refractivity contribution in [3.8, 4) is 0 Å². The van der Waals surface area contributed by atoms with Crippen LogP contribution in [0.4, 0.5) is 23.7 Å². The van der Waals surface area contributed by atoms with Crippen LogP contribution in [0.2, 0.25) is 0 Å². The normalized spacial score (nSPS) is 18.2. The second-order valence-corrected chi connectivity index (χ2v) is 9.31. The van der Waals surface area contributed by atoms with Gasteiger partial charge in [-0.1, -0.05) is 24.6 Å². The number of ether oxygens (including phenoxy) is 2. The van der Waals surface area contributed by atoms with E-state index in [1.165, 1.54) is 42.0 Å². The zero-order chi connectivity index (χ0) is 26.6. The van der Waals surface area contributed by atoms with Crippen LogP contribution in [0.25, 0.3) is 0 Å². The summed E-state index contributed by atoms with van der Waals surface area (Å²) in [7, 11) is 0. The first-order valence-electron chi connectivity index (χ1n) is 12.6. The number of likely N-dealkylation sites (tertiary alicyclic amines) is 1. The van der Waals surface area contributed by atoms with Gasteiger partial charge < -0.3 is 24.3 Å². The van der Waals surface area contributed by atoms with E-state index < -0.39 is 29.4 Å². The van der Waals surface area contributed by atoms with Crippen molar-refractivity contribution in [3.05, 3.63) is 75.0 Å². The molecule has 2 aliphatic heterocycles. The van der Waals surface area contributed by atoms with Crippen LogP contribution < -0.4 is 10.9 Å². The fourth-order valence-corrected chi connectivity index (χ4v) is 5.09. The second kappa shape index (κ2) is 11.4. The summed E-state index contributed by atoms with van der Waals surface area (Å²) >= 11 is 0. The number of halogens is 3. The van der Waals surface area contributed by atoms with Crippen LogP contribution in [0.15, 0.2) is 52.8 Å². The molecule has 1 saturated heterocycles. The summed E-state index contributed by atoms with van der Waals surface area (Å²) < 4.78 is 54.0. The van der Waals surface area contributed by atoms with E-state index in [-0.39, 0.29) is 23.5 Å². The summed E-state index contributed by atoms with van der Waals surface area (Å²) in [5, 5.41) is 3.04. The van der Waals surface area contributed by atoms with E-state index in [1.54, 1.807) is 26.1 Å². The molecule has 1 aromatic heterocycles. The number of allylic oxidation sites excluding steroid dienone is 2. The third-order valence-corrected chi connectivity index (χ3v) is 6.80. The lowest BCUT2D eigenvalue weighted by atomic mass is 9.83. The van der Waals surface area contributed by atoms with Gasteiger partial charge in [0.2, 0.25) is 0 Å². The van der Waals surface area contributed by atoms with Crippen molar-refractivity contribution in [1.82, 2.24) is 9.47 Å². The van der Waals surface area contributed by atoms with Crippen LogP contribution >= 0.6 is 0 Å². The van der Waals surface area contributed by atoms with Crippen molar-refractivity contribution in [2.24, 2.45) is 0 Å². The maximum absolute atomic E-state index is 14.1. The second-order valence-electron chi connectivity index (χ2n) is 9.31. The first-order valence-corrected chi connectivity index (χ1v) is 12.6. The van der Waals surface area contributed by atoms with Crippen molar-refractivity contribution < 1.29 is 27.4 Å². The molecule has 0 radical (unpaired) electrons. The highest BCUT2D eigenvalue weighted by Gasteiger charge is 2.41. The summed E-state index contributed by atoms with van der Waals surface area (Å²) in [5.74, 6) is -1.34. The van der Waals surface area contributed by atoms with Crippen molar-refractivity contribution in [1.29, 1.82) is 0 Å². The predicted molar refractivity (Wildman–Crippen MR) is 133 cm³/mol. The Balaban J connectivity index is 1.75. The number of pyridine rings is 1. The van der Waals surface area contributed by atoms with Gasteiger partial charge in [-0.05, 0) is 70.4 Å². The number of hydrogen-bond acceptors (Lipinski definition) is 6. The zero-order valence-corrected chi connectivity index (χ0v) is 21.1. The number of rotatable bonds is 7. The Morgan fingerprint density at radius 1 is 1.11 bits per heavy atom. The summed E-state index contributed by atoms with van der Waals surface area (Å²) in [6.07, 6.45) is 0.233. The summed E-state index contributed by atoms with van der Waals surface area (Å²) in [6.45, 7) is 6.56. The number of piperidine rings is 1. The van der Waals surface area contributed by atoms with Gasteiger partial charge in [-0.2, -0.15) is 13.2 Å². The van der Waals surface area contributed by atoms with Gasteiger partial charge in [0, 0.05) is 18.4 Å². The van der Waals surface area contributed by atoms with Gasteiger partial charge in [-0.3, -0.25) is 4.79 Å². The minimum Gasteiger partial charge on any atom is -0.434 e. The third kappa shape index (κ3) is 6.01. The average molecular weight is 520 g/mol. The van der Waals surface area contributed by atoms with Crippen LogP contribution in [0.3, 0.4) is 0 Å². The molecule has 0 saturated carbocycles. The monoisotopic (exact) mass is 519 g/mol. The van der Waals surface area contributed by atoms with E-state index in [4.69, 9.17) is 9.47 Å². The van der Waals surface area contributed by atoms with Gasteiger partial charge in [-0.15, -0.1) is 0 Å². The molecule has 7 nitrogen and oxygen atoms in total. The van der Waals surface area contributed by atoms with Crippen molar-refractivity contribution >= 4 is 11.8 Å². The van der Waals surface area contributed by atoms with Gasteiger partial charge in [0.15, 0.2) is 0 Å². The molecule has 1 atom stereocenters. The summed E-state index contributed by atoms with van der Waals surface area (Å²) in [6, 6.07) is 6.74. The fraction of sp³-hybridized carbons (Fsp3) is 0.481. The Kier molecular flexibility index (Phi) is 8.26. The van der Waals surface area contributed by atoms with Crippen molar-refractivity contribution in [2.75, 3.05) is 31.6 Å². The molecule has 1 N–H and O–H groups in total. The fourth-order valence-electron chi connectivity index (χ4n) is 5.09. The topological polar surface area (TPSA) is 72.8 Å². The number of carbonyl (C=O) groups excluding carboxylic acids is 1. The molecule has 200 valence electrons. The number of nitrogens with one attached hydrogen (secondary N) is 1. The van der Waals surface area contributed by atoms with Gasteiger partial charge in [0.1, 0.15) is 5.76 Å². The van der Waals surface area contributed by atoms with E-state index in [2.05, 4.69) is 10.2 Å². The molecular weight excluding hydrogens is 487 g/mol. The maximum atomic E-state index is 14.1. The van der Waals surface area contributed by atoms with E-state index in [9.17, 15) is 22.8 Å². The molecule has 10 heteroatoms. The largest absolute Gasteiger partial charge is 0.513 e. The Morgan fingerprint density at radius 2 is 1.84 bits per heavy atom. The van der Waals surface area contributed by atoms with Crippen LogP contribution in [0.5, 0.6) is 0 Å². The molecule has 37 heavy (non-hydrogen) atoms. The molecule has 1 aromatic carbocycles. The molecule has 0 spiro atoms. The number of carbonyl (C=O) groups is 1. The Bertz CT molecular complexity index is 1220. The maximum Gasteiger partial charge on any atom is 0.513 e. The molecule has 1 fully saturated rings. The van der Waals surface area contributed by atoms with Crippen LogP contribution in [0.1, 0.15) is 62.1 Å². The Morgan fingerprint density at radius 3 is 2.54 bits per heavy atom. The quantitative estimate of drug-likeness (QED) is 0.473. The SMILES string of the molecule is CCOC(=O)OC1=C(C)Nc2ccn(CCCN3CCCCC3)c(=O)c2C1c1ccccc1C(F)(F)F. The smallest absolute Gasteiger partial charge is 0.434 e. The number of aryl methyl sites for hydroxylation is 1. The van der Waals surface area contributed by atoms with Crippen molar-refractivity contribution in [2.45, 2.75) is 58.2 Å². The molecule has 0 aliphatic carbocycles. The number of hydrogen-bond donors (Lipinski definition) is 1. The molecule has 2 aromatic rings. The molecule has 0 amide bonds. The molecular formula is C27H32F3N3O4. The molecule has 4 rings (SSSR count). The Hall–Kier alpha value is -3.27. The first-order chi connectivity index (χ1) is 17.7. The van der Waals surface area contributed by atoms with Gasteiger partial charge >= 0.3 is 12.3 Å². The highest BCUT2D eigenvalue weighted by Crippen LogP contribution is 2.45. The lowest BCUT2D eigenvalue weighted by molar-refractivity contribution is -0.138. The van der Waals surface area contributed by atoms with Gasteiger partial charge in [0.05, 0.1) is 29.3 Å². The van der Waals surface area contributed by atoms with E-state index >= 15 is 0 Å². The minimum absolute atomic E-state index is 0.0306. The van der Waals surface area contributed by atoms with Crippen LogP contribution in [-0.4, -0.2) is 41.9 Å². The lowest BCUT2D eigenvalue weighted by Gasteiger charge is -2.31. The Labute approximate surface area is 213 Å². The van der Waals surface area contributed by atoms with E-state index in [0.29, 0.717) is 17.9 Å². The molecule has 1 unspecified atom stereocenters. The minimum atomic E-state index is -4.67. The molecule has 2 aliphatic rings. The number of benzene rings is 1. The highest BCUT2D eigenvalue weighted by molar-refractivity contribution is 5.68. The molecule has 3 heterocycles. The number of nitrogens with zero attached hydrogens (tertiary/aromatic N) is 2. The van der Waals surface area contributed by atoms with E-state index in [0.717, 1.165) is 32.1 Å². The van der Waals surface area contributed by atoms with Gasteiger partial charge in [0.25, 0.3) is 5.56 Å². The van der Waals surface area contributed by atoms with Gasteiger partial charge in [-0.25, -0.2) is 4.79 Å². The third-order valence-electron chi connectivity index (χ3n) is 6.80. The summed E-state index contributed by atoms with van der Waals surface area (Å²) in [5.41, 5.74) is -0.687. The predicted octanol–water partition coefficient (Wildman–Crippen LogP) is 5.71. The van der Waals surface area contributed by atoms with Crippen molar-refractivity contribution in [3.63, 3.8) is 0 Å². The van der Waals surface area contributed by atoms with Crippen LogP contribution in [-0.2, 0) is 22.2 Å². The number of anilines is 1. The standard InChI is InChI=1S/C27H32F3N3O4/c1-3-36-26(35)37-24-18(2)31-21-12-17-33(16-9-15-32-13-7-4-8-14-32)25(34)23(21)22(24)19-10-5-6-11-20(19)27(28,29)30/h5-6,10-12,17,22,31H,3-4,7-9,13-16H2,1-2H3. The zero-order valence-electron chi connectivity index (χ0n) is 21.1. The number of alkyl halides is 3.